The second-order valence-corrected chi connectivity index (χ2v) is 9.55. The first-order valence-electron chi connectivity index (χ1n) is 9.67. The number of aromatic nitrogens is 2. The number of allylic oxidation sites excluding steroid dienone is 1. The molecule has 2 aromatic carbocycles. The molecule has 8 heteroatoms. The molecule has 0 fully saturated rings. The molecular weight excluding hydrogens is 403 g/mol. The fourth-order valence-corrected chi connectivity index (χ4v) is 4.67. The van der Waals surface area contributed by atoms with E-state index < -0.39 is 10.0 Å². The first-order chi connectivity index (χ1) is 14.2. The minimum Gasteiger partial charge on any atom is -0.327 e. The third kappa shape index (κ3) is 4.16. The lowest BCUT2D eigenvalue weighted by atomic mass is 9.97. The summed E-state index contributed by atoms with van der Waals surface area (Å²) < 4.78 is 42.3. The Kier molecular flexibility index (Phi) is 6.40. The Morgan fingerprint density at radius 2 is 1.83 bits per heavy atom. The fraction of sp³-hybridized carbons (Fsp3) is 0.318. The Labute approximate surface area is 176 Å². The van der Waals surface area contributed by atoms with Crippen molar-refractivity contribution in [1.82, 2.24) is 14.1 Å². The van der Waals surface area contributed by atoms with Crippen molar-refractivity contribution in [2.24, 2.45) is 5.73 Å². The van der Waals surface area contributed by atoms with Gasteiger partial charge in [0.2, 0.25) is 10.0 Å². The van der Waals surface area contributed by atoms with Crippen molar-refractivity contribution in [2.75, 3.05) is 20.6 Å². The summed E-state index contributed by atoms with van der Waals surface area (Å²) in [5, 5.41) is 6.04. The van der Waals surface area contributed by atoms with Crippen molar-refractivity contribution in [3.8, 4) is 0 Å². The summed E-state index contributed by atoms with van der Waals surface area (Å²) in [7, 11) is -0.515. The van der Waals surface area contributed by atoms with Gasteiger partial charge in [-0.05, 0) is 36.9 Å². The van der Waals surface area contributed by atoms with Crippen LogP contribution >= 0.6 is 0 Å². The van der Waals surface area contributed by atoms with Crippen molar-refractivity contribution in [2.45, 2.75) is 31.7 Å². The quantitative estimate of drug-likeness (QED) is 0.624. The number of halogens is 1. The van der Waals surface area contributed by atoms with E-state index in [1.165, 1.54) is 24.5 Å². The Bertz CT molecular complexity index is 1210. The molecule has 0 aliphatic carbocycles. The van der Waals surface area contributed by atoms with Crippen LogP contribution in [0.4, 0.5) is 4.39 Å². The molecule has 1 heterocycles. The van der Waals surface area contributed by atoms with Gasteiger partial charge < -0.3 is 5.73 Å². The van der Waals surface area contributed by atoms with Crippen LogP contribution in [0.15, 0.2) is 53.2 Å². The van der Waals surface area contributed by atoms with Crippen molar-refractivity contribution in [1.29, 1.82) is 0 Å². The third-order valence-corrected chi connectivity index (χ3v) is 7.14. The predicted molar refractivity (Wildman–Crippen MR) is 118 cm³/mol. The average Bonchev–Trinajstić information content (AvgIpc) is 2.95. The number of hydrogen-bond acceptors (Lipinski definition) is 4. The van der Waals surface area contributed by atoms with Gasteiger partial charge in [0.05, 0.1) is 17.1 Å². The molecule has 0 saturated heterocycles. The normalized spacial score (nSPS) is 12.8. The van der Waals surface area contributed by atoms with E-state index in [9.17, 15) is 12.8 Å². The van der Waals surface area contributed by atoms with Crippen LogP contribution in [0.2, 0.25) is 0 Å². The molecule has 3 aromatic rings. The molecule has 6 nitrogen and oxygen atoms in total. The molecule has 0 aliphatic heterocycles. The van der Waals surface area contributed by atoms with Gasteiger partial charge in [-0.25, -0.2) is 17.1 Å². The summed E-state index contributed by atoms with van der Waals surface area (Å²) in [5.74, 6) is -0.321. The lowest BCUT2D eigenvalue weighted by Crippen LogP contribution is -2.22. The molecule has 160 valence electrons. The number of rotatable bonds is 7. The zero-order chi connectivity index (χ0) is 22.1. The van der Waals surface area contributed by atoms with Gasteiger partial charge in [0.1, 0.15) is 5.83 Å². The number of fused-ring (bicyclic) bond motifs is 1. The van der Waals surface area contributed by atoms with Crippen LogP contribution in [0.25, 0.3) is 10.8 Å². The molecule has 30 heavy (non-hydrogen) atoms. The molecule has 0 atom stereocenters. The Morgan fingerprint density at radius 3 is 2.47 bits per heavy atom. The Morgan fingerprint density at radius 1 is 1.17 bits per heavy atom. The van der Waals surface area contributed by atoms with Gasteiger partial charge in [-0.2, -0.15) is 5.10 Å². The summed E-state index contributed by atoms with van der Waals surface area (Å²) in [6.45, 7) is 4.01. The molecule has 0 saturated carbocycles. The van der Waals surface area contributed by atoms with Gasteiger partial charge in [-0.3, -0.25) is 4.68 Å². The van der Waals surface area contributed by atoms with Crippen LogP contribution in [-0.2, 0) is 23.0 Å². The zero-order valence-electron chi connectivity index (χ0n) is 17.7. The highest BCUT2D eigenvalue weighted by molar-refractivity contribution is 7.89. The second kappa shape index (κ2) is 8.67. The van der Waals surface area contributed by atoms with Crippen LogP contribution in [0.1, 0.15) is 22.5 Å². The molecule has 1 aromatic heterocycles. The highest BCUT2D eigenvalue weighted by atomic mass is 32.2. The van der Waals surface area contributed by atoms with E-state index in [0.29, 0.717) is 11.8 Å². The van der Waals surface area contributed by atoms with Crippen LogP contribution in [0.3, 0.4) is 0 Å². The molecule has 2 N–H and O–H groups in total. The van der Waals surface area contributed by atoms with E-state index in [4.69, 9.17) is 5.73 Å². The minimum absolute atomic E-state index is 0.0463. The molecule has 0 aliphatic rings. The minimum atomic E-state index is -3.57. The van der Waals surface area contributed by atoms with E-state index in [-0.39, 0.29) is 23.8 Å². The molecule has 0 unspecified atom stereocenters. The summed E-state index contributed by atoms with van der Waals surface area (Å²) in [6, 6.07) is 11.0. The molecule has 0 amide bonds. The van der Waals surface area contributed by atoms with Crippen molar-refractivity contribution in [3.05, 3.63) is 70.8 Å². The topological polar surface area (TPSA) is 81.2 Å². The standard InChI is InChI=1S/C22H27FN4O2S/c1-15-21(16(2)27(25-15)14-18(23)11-12-24)13-17-9-10-22(30(28,29)26(3)4)20-8-6-5-7-19(17)20/h5-11H,12-14,24H2,1-4H3/b18-11-. The predicted octanol–water partition coefficient (Wildman–Crippen LogP) is 3.31. The van der Waals surface area contributed by atoms with Gasteiger partial charge >= 0.3 is 0 Å². The zero-order valence-corrected chi connectivity index (χ0v) is 18.5. The Hall–Kier alpha value is -2.55. The van der Waals surface area contributed by atoms with Crippen molar-refractivity contribution >= 4 is 20.8 Å². The van der Waals surface area contributed by atoms with E-state index in [2.05, 4.69) is 5.10 Å². The smallest absolute Gasteiger partial charge is 0.243 e. The summed E-state index contributed by atoms with van der Waals surface area (Å²) in [5.41, 5.74) is 9.08. The van der Waals surface area contributed by atoms with Crippen molar-refractivity contribution in [3.63, 3.8) is 0 Å². The summed E-state index contributed by atoms with van der Waals surface area (Å²) in [4.78, 5) is 0.282. The number of aryl methyl sites for hydroxylation is 1. The number of benzene rings is 2. The van der Waals surface area contributed by atoms with E-state index >= 15 is 0 Å². The second-order valence-electron chi connectivity index (χ2n) is 7.43. The number of sulfonamides is 1. The Balaban J connectivity index is 2.06. The van der Waals surface area contributed by atoms with Gasteiger partial charge in [-0.1, -0.05) is 30.3 Å². The van der Waals surface area contributed by atoms with Gasteiger partial charge in [0.15, 0.2) is 0 Å². The maximum atomic E-state index is 13.9. The third-order valence-electron chi connectivity index (χ3n) is 5.27. The van der Waals surface area contributed by atoms with Gasteiger partial charge in [-0.15, -0.1) is 0 Å². The lowest BCUT2D eigenvalue weighted by molar-refractivity contribution is 0.517. The van der Waals surface area contributed by atoms with Gasteiger partial charge in [0.25, 0.3) is 0 Å². The summed E-state index contributed by atoms with van der Waals surface area (Å²) in [6.07, 6.45) is 1.91. The molecule has 0 spiro atoms. The molecule has 0 radical (unpaired) electrons. The van der Waals surface area contributed by atoms with Crippen LogP contribution in [0, 0.1) is 13.8 Å². The van der Waals surface area contributed by atoms with Crippen molar-refractivity contribution < 1.29 is 12.8 Å². The number of nitrogens with zero attached hydrogens (tertiary/aromatic N) is 3. The van der Waals surface area contributed by atoms with Crippen LogP contribution in [-0.4, -0.2) is 43.1 Å². The van der Waals surface area contributed by atoms with E-state index in [1.54, 1.807) is 10.7 Å². The van der Waals surface area contributed by atoms with E-state index in [0.717, 1.165) is 27.9 Å². The van der Waals surface area contributed by atoms with Crippen LogP contribution in [0.5, 0.6) is 0 Å². The monoisotopic (exact) mass is 430 g/mol. The largest absolute Gasteiger partial charge is 0.327 e. The number of nitrogens with two attached hydrogens (primary N) is 1. The first-order valence-corrected chi connectivity index (χ1v) is 11.1. The SMILES string of the molecule is Cc1nn(C/C(F)=C/CN)c(C)c1Cc1ccc(S(=O)(=O)N(C)C)c2ccccc12. The number of hydrogen-bond donors (Lipinski definition) is 1. The fourth-order valence-electron chi connectivity index (χ4n) is 3.58. The molecule has 3 rings (SSSR count). The van der Waals surface area contributed by atoms with E-state index in [1.807, 2.05) is 44.2 Å². The molecular formula is C22H27FN4O2S. The maximum Gasteiger partial charge on any atom is 0.243 e. The maximum absolute atomic E-state index is 13.9. The van der Waals surface area contributed by atoms with Crippen LogP contribution < -0.4 is 5.73 Å². The lowest BCUT2D eigenvalue weighted by Gasteiger charge is -2.16. The highest BCUT2D eigenvalue weighted by Gasteiger charge is 2.22. The average molecular weight is 431 g/mol. The molecule has 0 bridgehead atoms. The summed E-state index contributed by atoms with van der Waals surface area (Å²) >= 11 is 0. The first kappa shape index (κ1) is 22.1. The van der Waals surface area contributed by atoms with Gasteiger partial charge in [0, 0.05) is 43.7 Å². The highest BCUT2D eigenvalue weighted by Crippen LogP contribution is 2.30.